The van der Waals surface area contributed by atoms with Crippen molar-refractivity contribution in [2.45, 2.75) is 58.8 Å². The van der Waals surface area contributed by atoms with Crippen LogP contribution in [0.25, 0.3) is 0 Å². The molecular weight excluding hydrogens is 168 g/mol. The molecule has 0 aromatic heterocycles. The Morgan fingerprint density at radius 3 is 2.43 bits per heavy atom. The molecule has 0 aromatic rings. The first kappa shape index (κ1) is 13.3. The van der Waals surface area contributed by atoms with Crippen molar-refractivity contribution in [2.24, 2.45) is 0 Å². The maximum absolute atomic E-state index is 3.22. The van der Waals surface area contributed by atoms with Crippen molar-refractivity contribution < 1.29 is 0 Å². The Labute approximate surface area is 89.4 Å². The van der Waals surface area contributed by atoms with E-state index in [-0.39, 0.29) is 0 Å². The second kappa shape index (κ2) is 12.3. The summed E-state index contributed by atoms with van der Waals surface area (Å²) in [7, 11) is 0. The van der Waals surface area contributed by atoms with Gasteiger partial charge in [0.05, 0.1) is 0 Å². The Morgan fingerprint density at radius 2 is 1.71 bits per heavy atom. The summed E-state index contributed by atoms with van der Waals surface area (Å²) in [5.74, 6) is 0. The molecule has 0 bridgehead atoms. The first-order valence-electron chi connectivity index (χ1n) is 5.96. The SMILES string of the molecule is CCCC=CCC=C=CCCCCC. The van der Waals surface area contributed by atoms with Gasteiger partial charge in [-0.3, -0.25) is 0 Å². The third-order valence-electron chi connectivity index (χ3n) is 2.06. The lowest BCUT2D eigenvalue weighted by molar-refractivity contribution is 0.729. The van der Waals surface area contributed by atoms with Crippen LogP contribution >= 0.6 is 0 Å². The van der Waals surface area contributed by atoms with Gasteiger partial charge in [0.15, 0.2) is 0 Å². The van der Waals surface area contributed by atoms with Crippen LogP contribution in [0.2, 0.25) is 0 Å². The standard InChI is InChI=1S/C14H24/c1-3-5-7-9-11-13-14-12-10-8-6-4-2/h7,9,12-13H,3-6,8,10-11H2,1-2H3. The summed E-state index contributed by atoms with van der Waals surface area (Å²) in [5.41, 5.74) is 3.22. The molecule has 0 spiro atoms. The molecule has 0 heterocycles. The van der Waals surface area contributed by atoms with Gasteiger partial charge < -0.3 is 0 Å². The van der Waals surface area contributed by atoms with Gasteiger partial charge >= 0.3 is 0 Å². The fourth-order valence-electron chi connectivity index (χ4n) is 1.18. The van der Waals surface area contributed by atoms with E-state index in [1.165, 1.54) is 38.5 Å². The van der Waals surface area contributed by atoms with Crippen LogP contribution in [-0.2, 0) is 0 Å². The molecule has 0 aromatic carbocycles. The summed E-state index contributed by atoms with van der Waals surface area (Å²) < 4.78 is 0. The highest BCUT2D eigenvalue weighted by atomic mass is 13.8. The van der Waals surface area contributed by atoms with E-state index in [2.05, 4.69) is 43.9 Å². The van der Waals surface area contributed by atoms with Crippen molar-refractivity contribution in [3.8, 4) is 0 Å². The van der Waals surface area contributed by atoms with Gasteiger partial charge in [0.25, 0.3) is 0 Å². The summed E-state index contributed by atoms with van der Waals surface area (Å²) in [6.07, 6.45) is 17.3. The predicted octanol–water partition coefficient (Wildman–Crippen LogP) is 5.02. The summed E-state index contributed by atoms with van der Waals surface area (Å²) in [5, 5.41) is 0. The first-order valence-corrected chi connectivity index (χ1v) is 5.96. The molecule has 80 valence electrons. The molecular formula is C14H24. The van der Waals surface area contributed by atoms with Gasteiger partial charge in [0, 0.05) is 0 Å². The van der Waals surface area contributed by atoms with Crippen LogP contribution in [0, 0.1) is 0 Å². The largest absolute Gasteiger partial charge is 0.129 e. The van der Waals surface area contributed by atoms with E-state index in [1.54, 1.807) is 0 Å². The summed E-state index contributed by atoms with van der Waals surface area (Å²) in [6.45, 7) is 4.44. The number of allylic oxidation sites excluding steroid dienone is 3. The van der Waals surface area contributed by atoms with Crippen LogP contribution in [0.5, 0.6) is 0 Å². The van der Waals surface area contributed by atoms with E-state index in [0.29, 0.717) is 0 Å². The molecule has 0 saturated heterocycles. The lowest BCUT2D eigenvalue weighted by Gasteiger charge is -1.88. The number of hydrogen-bond acceptors (Lipinski definition) is 0. The third-order valence-corrected chi connectivity index (χ3v) is 2.06. The highest BCUT2D eigenvalue weighted by Crippen LogP contribution is 1.98. The van der Waals surface area contributed by atoms with E-state index >= 15 is 0 Å². The molecule has 0 atom stereocenters. The zero-order valence-electron chi connectivity index (χ0n) is 9.76. The lowest BCUT2D eigenvalue weighted by atomic mass is 10.2. The van der Waals surface area contributed by atoms with Crippen molar-refractivity contribution >= 4 is 0 Å². The van der Waals surface area contributed by atoms with Crippen LogP contribution in [0.3, 0.4) is 0 Å². The topological polar surface area (TPSA) is 0 Å². The Balaban J connectivity index is 3.32. The zero-order valence-corrected chi connectivity index (χ0v) is 9.76. The molecule has 14 heavy (non-hydrogen) atoms. The summed E-state index contributed by atoms with van der Waals surface area (Å²) in [6, 6.07) is 0. The second-order valence-electron chi connectivity index (χ2n) is 3.57. The van der Waals surface area contributed by atoms with Gasteiger partial charge in [-0.1, -0.05) is 45.3 Å². The quantitative estimate of drug-likeness (QED) is 0.287. The highest BCUT2D eigenvalue weighted by Gasteiger charge is 1.79. The molecule has 0 rings (SSSR count). The van der Waals surface area contributed by atoms with Crippen molar-refractivity contribution in [1.82, 2.24) is 0 Å². The highest BCUT2D eigenvalue weighted by molar-refractivity contribution is 4.93. The van der Waals surface area contributed by atoms with Gasteiger partial charge in [-0.2, -0.15) is 0 Å². The van der Waals surface area contributed by atoms with E-state index in [0.717, 1.165) is 6.42 Å². The maximum Gasteiger partial charge on any atom is -0.00930 e. The normalized spacial score (nSPS) is 10.1. The van der Waals surface area contributed by atoms with Gasteiger partial charge in [0.1, 0.15) is 0 Å². The van der Waals surface area contributed by atoms with Gasteiger partial charge in [0.2, 0.25) is 0 Å². The minimum absolute atomic E-state index is 1.03. The fourth-order valence-corrected chi connectivity index (χ4v) is 1.18. The molecule has 0 nitrogen and oxygen atoms in total. The van der Waals surface area contributed by atoms with Crippen LogP contribution < -0.4 is 0 Å². The maximum atomic E-state index is 3.22. The summed E-state index contributed by atoms with van der Waals surface area (Å²) in [4.78, 5) is 0. The van der Waals surface area contributed by atoms with E-state index < -0.39 is 0 Å². The second-order valence-corrected chi connectivity index (χ2v) is 3.57. The lowest BCUT2D eigenvalue weighted by Crippen LogP contribution is -1.68. The van der Waals surface area contributed by atoms with Crippen LogP contribution in [-0.4, -0.2) is 0 Å². The van der Waals surface area contributed by atoms with Crippen molar-refractivity contribution in [1.29, 1.82) is 0 Å². The number of rotatable bonds is 8. The molecule has 0 heteroatoms. The number of hydrogen-bond donors (Lipinski definition) is 0. The minimum Gasteiger partial charge on any atom is -0.129 e. The smallest absolute Gasteiger partial charge is 0.00930 e. The zero-order chi connectivity index (χ0) is 10.5. The molecule has 0 aliphatic rings. The monoisotopic (exact) mass is 192 g/mol. The first-order chi connectivity index (χ1) is 6.91. The Bertz CT molecular complexity index is 180. The van der Waals surface area contributed by atoms with Gasteiger partial charge in [-0.05, 0) is 37.8 Å². The Morgan fingerprint density at radius 1 is 0.857 bits per heavy atom. The van der Waals surface area contributed by atoms with Crippen molar-refractivity contribution in [3.63, 3.8) is 0 Å². The van der Waals surface area contributed by atoms with Crippen molar-refractivity contribution in [2.75, 3.05) is 0 Å². The Hall–Kier alpha value is -0.740. The molecule has 0 fully saturated rings. The molecule has 0 saturated carbocycles. The van der Waals surface area contributed by atoms with Gasteiger partial charge in [-0.25, -0.2) is 0 Å². The fraction of sp³-hybridized carbons (Fsp3) is 0.643. The van der Waals surface area contributed by atoms with Crippen molar-refractivity contribution in [3.05, 3.63) is 30.0 Å². The average Bonchev–Trinajstić information content (AvgIpc) is 2.21. The molecule has 0 aliphatic heterocycles. The Kier molecular flexibility index (Phi) is 11.6. The van der Waals surface area contributed by atoms with E-state index in [4.69, 9.17) is 0 Å². The molecule has 0 amide bonds. The van der Waals surface area contributed by atoms with E-state index in [1.807, 2.05) is 0 Å². The minimum atomic E-state index is 1.03. The van der Waals surface area contributed by atoms with E-state index in [9.17, 15) is 0 Å². The van der Waals surface area contributed by atoms with Crippen LogP contribution in [0.4, 0.5) is 0 Å². The third kappa shape index (κ3) is 11.3. The molecule has 0 radical (unpaired) electrons. The molecule has 0 aliphatic carbocycles. The average molecular weight is 192 g/mol. The van der Waals surface area contributed by atoms with Crippen LogP contribution in [0.15, 0.2) is 30.0 Å². The van der Waals surface area contributed by atoms with Crippen LogP contribution in [0.1, 0.15) is 58.8 Å². The van der Waals surface area contributed by atoms with Gasteiger partial charge in [-0.15, -0.1) is 5.73 Å². The molecule has 0 N–H and O–H groups in total. The molecule has 0 unspecified atom stereocenters. The number of unbranched alkanes of at least 4 members (excludes halogenated alkanes) is 4. The summed E-state index contributed by atoms with van der Waals surface area (Å²) >= 11 is 0. The predicted molar refractivity (Wildman–Crippen MR) is 65.5 cm³/mol.